The Bertz CT molecular complexity index is 336. The molecule has 0 nitrogen and oxygen atoms in total. The van der Waals surface area contributed by atoms with E-state index < -0.39 is 0 Å². The normalized spacial score (nSPS) is 12.6. The molecule has 1 aromatic rings. The van der Waals surface area contributed by atoms with E-state index >= 15 is 0 Å². The van der Waals surface area contributed by atoms with E-state index in [1.54, 1.807) is 0 Å². The maximum absolute atomic E-state index is 6.09. The second kappa shape index (κ2) is 10.6. The fraction of sp³-hybridized carbons (Fsp3) is 0.647. The van der Waals surface area contributed by atoms with Gasteiger partial charge in [0.1, 0.15) is 0 Å². The summed E-state index contributed by atoms with van der Waals surface area (Å²) in [6.07, 6.45) is 10.6. The summed E-state index contributed by atoms with van der Waals surface area (Å²) in [5.74, 6) is 1.15. The summed E-state index contributed by atoms with van der Waals surface area (Å²) in [6.45, 7) is 2.26. The Morgan fingerprint density at radius 1 is 1.00 bits per heavy atom. The number of unbranched alkanes of at least 4 members (excludes halogenated alkanes) is 6. The zero-order chi connectivity index (χ0) is 13.9. The third-order valence-electron chi connectivity index (χ3n) is 3.66. The molecule has 0 radical (unpaired) electrons. The molecule has 0 saturated carbocycles. The van der Waals surface area contributed by atoms with Crippen LogP contribution in [-0.2, 0) is 0 Å². The summed E-state index contributed by atoms with van der Waals surface area (Å²) in [5.41, 5.74) is 1.29. The van der Waals surface area contributed by atoms with Crippen molar-refractivity contribution in [1.29, 1.82) is 0 Å². The highest BCUT2D eigenvalue weighted by atomic mass is 35.5. The standard InChI is InChI=1S/C17H26Cl2/c1-2-3-4-5-6-7-8-10-16(14-18)15-11-9-12-17(19)13-15/h9,11-13,16H,2-8,10,14H2,1H3. The van der Waals surface area contributed by atoms with Gasteiger partial charge in [-0.15, -0.1) is 11.6 Å². The van der Waals surface area contributed by atoms with Gasteiger partial charge in [-0.1, -0.05) is 75.6 Å². The SMILES string of the molecule is CCCCCCCCCC(CCl)c1cccc(Cl)c1. The number of benzene rings is 1. The molecule has 1 unspecified atom stereocenters. The first-order valence-corrected chi connectivity index (χ1v) is 8.50. The molecular formula is C17H26Cl2. The molecule has 0 aliphatic heterocycles. The summed E-state index contributed by atoms with van der Waals surface area (Å²) in [6, 6.07) is 8.13. The highest BCUT2D eigenvalue weighted by Gasteiger charge is 2.10. The molecule has 0 bridgehead atoms. The molecule has 2 heteroatoms. The van der Waals surface area contributed by atoms with Crippen LogP contribution in [0.15, 0.2) is 24.3 Å². The third-order valence-corrected chi connectivity index (χ3v) is 4.27. The van der Waals surface area contributed by atoms with Gasteiger partial charge in [-0.3, -0.25) is 0 Å². The Hall–Kier alpha value is -0.200. The monoisotopic (exact) mass is 300 g/mol. The van der Waals surface area contributed by atoms with Crippen molar-refractivity contribution in [3.05, 3.63) is 34.9 Å². The molecule has 0 spiro atoms. The summed E-state index contributed by atoms with van der Waals surface area (Å²) in [7, 11) is 0. The Kier molecular flexibility index (Phi) is 9.38. The van der Waals surface area contributed by atoms with Crippen LogP contribution in [0, 0.1) is 0 Å². The van der Waals surface area contributed by atoms with Gasteiger partial charge in [0.2, 0.25) is 0 Å². The van der Waals surface area contributed by atoms with Gasteiger partial charge < -0.3 is 0 Å². The highest BCUT2D eigenvalue weighted by molar-refractivity contribution is 6.30. The number of rotatable bonds is 10. The molecule has 108 valence electrons. The fourth-order valence-electron chi connectivity index (χ4n) is 2.44. The zero-order valence-corrected chi connectivity index (χ0v) is 13.5. The molecule has 0 heterocycles. The van der Waals surface area contributed by atoms with E-state index in [2.05, 4.69) is 19.1 Å². The summed E-state index contributed by atoms with van der Waals surface area (Å²) in [5, 5.41) is 0.812. The van der Waals surface area contributed by atoms with Gasteiger partial charge in [0.15, 0.2) is 0 Å². The van der Waals surface area contributed by atoms with Gasteiger partial charge >= 0.3 is 0 Å². The first-order chi connectivity index (χ1) is 9.27. The lowest BCUT2D eigenvalue weighted by Crippen LogP contribution is -2.00. The molecule has 0 saturated heterocycles. The first kappa shape index (κ1) is 16.9. The second-order valence-corrected chi connectivity index (χ2v) is 6.06. The van der Waals surface area contributed by atoms with Gasteiger partial charge in [-0.05, 0) is 30.0 Å². The molecule has 0 fully saturated rings. The number of halogens is 2. The lowest BCUT2D eigenvalue weighted by Gasteiger charge is -2.14. The van der Waals surface area contributed by atoms with Crippen molar-refractivity contribution in [2.24, 2.45) is 0 Å². The van der Waals surface area contributed by atoms with E-state index in [1.165, 1.54) is 56.9 Å². The minimum Gasteiger partial charge on any atom is -0.126 e. The summed E-state index contributed by atoms with van der Waals surface area (Å²) >= 11 is 12.1. The Morgan fingerprint density at radius 2 is 1.68 bits per heavy atom. The van der Waals surface area contributed by atoms with Gasteiger partial charge in [-0.25, -0.2) is 0 Å². The molecule has 1 rings (SSSR count). The van der Waals surface area contributed by atoms with E-state index in [-0.39, 0.29) is 0 Å². The third kappa shape index (κ3) is 7.22. The lowest BCUT2D eigenvalue weighted by atomic mass is 9.94. The Balaban J connectivity index is 2.22. The summed E-state index contributed by atoms with van der Waals surface area (Å²) in [4.78, 5) is 0. The van der Waals surface area contributed by atoms with Crippen LogP contribution < -0.4 is 0 Å². The predicted octanol–water partition coefficient (Wildman–Crippen LogP) is 6.80. The number of hydrogen-bond acceptors (Lipinski definition) is 0. The van der Waals surface area contributed by atoms with Crippen LogP contribution in [0.4, 0.5) is 0 Å². The molecule has 1 atom stereocenters. The number of hydrogen-bond donors (Lipinski definition) is 0. The molecular weight excluding hydrogens is 275 g/mol. The van der Waals surface area contributed by atoms with E-state index in [4.69, 9.17) is 23.2 Å². The quantitative estimate of drug-likeness (QED) is 0.329. The van der Waals surface area contributed by atoms with Crippen LogP contribution in [-0.4, -0.2) is 5.88 Å². The van der Waals surface area contributed by atoms with Gasteiger partial charge in [0, 0.05) is 10.9 Å². The minimum atomic E-state index is 0.455. The fourth-order valence-corrected chi connectivity index (χ4v) is 2.97. The Morgan fingerprint density at radius 3 is 2.32 bits per heavy atom. The van der Waals surface area contributed by atoms with Crippen LogP contribution in [0.3, 0.4) is 0 Å². The molecule has 0 amide bonds. The highest BCUT2D eigenvalue weighted by Crippen LogP contribution is 2.26. The average Bonchev–Trinajstić information content (AvgIpc) is 2.42. The van der Waals surface area contributed by atoms with Crippen LogP contribution in [0.25, 0.3) is 0 Å². The molecule has 1 aromatic carbocycles. The number of alkyl halides is 1. The van der Waals surface area contributed by atoms with Gasteiger partial charge in [0.25, 0.3) is 0 Å². The summed E-state index contributed by atoms with van der Waals surface area (Å²) < 4.78 is 0. The molecule has 0 aliphatic rings. The van der Waals surface area contributed by atoms with Crippen LogP contribution in [0.1, 0.15) is 69.8 Å². The Labute approximate surface area is 128 Å². The molecule has 0 aliphatic carbocycles. The molecule has 0 N–H and O–H groups in total. The van der Waals surface area contributed by atoms with E-state index in [9.17, 15) is 0 Å². The maximum Gasteiger partial charge on any atom is 0.0408 e. The predicted molar refractivity (Wildman–Crippen MR) is 87.5 cm³/mol. The average molecular weight is 301 g/mol. The first-order valence-electron chi connectivity index (χ1n) is 7.59. The van der Waals surface area contributed by atoms with E-state index in [1.807, 2.05) is 12.1 Å². The van der Waals surface area contributed by atoms with Crippen molar-refractivity contribution in [2.45, 2.75) is 64.2 Å². The maximum atomic E-state index is 6.09. The van der Waals surface area contributed by atoms with Crippen molar-refractivity contribution in [2.75, 3.05) is 5.88 Å². The lowest BCUT2D eigenvalue weighted by molar-refractivity contribution is 0.551. The van der Waals surface area contributed by atoms with Crippen LogP contribution >= 0.6 is 23.2 Å². The van der Waals surface area contributed by atoms with E-state index in [0.29, 0.717) is 11.8 Å². The zero-order valence-electron chi connectivity index (χ0n) is 12.0. The minimum absolute atomic E-state index is 0.455. The van der Waals surface area contributed by atoms with Crippen molar-refractivity contribution in [3.8, 4) is 0 Å². The van der Waals surface area contributed by atoms with Gasteiger partial charge in [-0.2, -0.15) is 0 Å². The molecule has 19 heavy (non-hydrogen) atoms. The van der Waals surface area contributed by atoms with Crippen molar-refractivity contribution in [3.63, 3.8) is 0 Å². The van der Waals surface area contributed by atoms with Crippen LogP contribution in [0.2, 0.25) is 5.02 Å². The largest absolute Gasteiger partial charge is 0.126 e. The molecule has 0 aromatic heterocycles. The smallest absolute Gasteiger partial charge is 0.0408 e. The van der Waals surface area contributed by atoms with Crippen molar-refractivity contribution < 1.29 is 0 Å². The van der Waals surface area contributed by atoms with Crippen LogP contribution in [0.5, 0.6) is 0 Å². The van der Waals surface area contributed by atoms with Gasteiger partial charge in [0.05, 0.1) is 0 Å². The van der Waals surface area contributed by atoms with Crippen molar-refractivity contribution >= 4 is 23.2 Å². The van der Waals surface area contributed by atoms with E-state index in [0.717, 1.165) is 5.02 Å². The van der Waals surface area contributed by atoms with Crippen molar-refractivity contribution in [1.82, 2.24) is 0 Å². The topological polar surface area (TPSA) is 0 Å². The second-order valence-electron chi connectivity index (χ2n) is 5.32.